The van der Waals surface area contributed by atoms with Crippen LogP contribution in [-0.2, 0) is 26.3 Å². The van der Waals surface area contributed by atoms with Crippen molar-refractivity contribution in [1.82, 2.24) is 18.5 Å². The van der Waals surface area contributed by atoms with Crippen LogP contribution in [0.15, 0.2) is 36.4 Å². The van der Waals surface area contributed by atoms with Gasteiger partial charge in [-0.1, -0.05) is 25.3 Å². The SMILES string of the molecule is COc1ccc2c(c1)[C@H](O)[C@@](O)(C(=O)N1C[C@@H](C)O[C@@H](C)C1)Cn1c-2c(C2CCCCC2)c2ccc(C(=O)NS(=O)(=O)N(C)C)cc21. The van der Waals surface area contributed by atoms with E-state index in [0.717, 1.165) is 53.1 Å². The number of aliphatic hydroxyl groups is 2. The number of morpholine rings is 1. The van der Waals surface area contributed by atoms with Crippen LogP contribution >= 0.6 is 0 Å². The van der Waals surface area contributed by atoms with Crippen molar-refractivity contribution in [2.24, 2.45) is 0 Å². The van der Waals surface area contributed by atoms with E-state index in [1.165, 1.54) is 21.2 Å². The molecule has 13 heteroatoms. The minimum atomic E-state index is -4.06. The Bertz CT molecular complexity index is 1810. The Morgan fingerprint density at radius 2 is 1.72 bits per heavy atom. The van der Waals surface area contributed by atoms with Gasteiger partial charge in [0.15, 0.2) is 5.60 Å². The van der Waals surface area contributed by atoms with Gasteiger partial charge in [0, 0.05) is 49.2 Å². The summed E-state index contributed by atoms with van der Waals surface area (Å²) in [6, 6.07) is 10.3. The van der Waals surface area contributed by atoms with Gasteiger partial charge >= 0.3 is 10.2 Å². The molecule has 2 amide bonds. The van der Waals surface area contributed by atoms with Gasteiger partial charge in [-0.25, -0.2) is 4.72 Å². The van der Waals surface area contributed by atoms with Gasteiger partial charge in [-0.05, 0) is 74.1 Å². The van der Waals surface area contributed by atoms with E-state index in [4.69, 9.17) is 9.47 Å². The Kier molecular flexibility index (Phi) is 8.90. The summed E-state index contributed by atoms with van der Waals surface area (Å²) in [6.07, 6.45) is 2.98. The van der Waals surface area contributed by atoms with Crippen molar-refractivity contribution in [2.75, 3.05) is 34.3 Å². The Labute approximate surface area is 275 Å². The quantitative estimate of drug-likeness (QED) is 0.362. The number of carbonyl (C=O) groups excluding carboxylic acids is 2. The van der Waals surface area contributed by atoms with Crippen LogP contribution in [0.4, 0.5) is 0 Å². The molecule has 3 aromatic rings. The lowest BCUT2D eigenvalue weighted by Gasteiger charge is -2.41. The molecule has 47 heavy (non-hydrogen) atoms. The van der Waals surface area contributed by atoms with E-state index in [1.807, 2.05) is 30.5 Å². The monoisotopic (exact) mass is 668 g/mol. The summed E-state index contributed by atoms with van der Waals surface area (Å²) < 4.78 is 41.3. The molecule has 2 fully saturated rings. The fourth-order valence-corrected chi connectivity index (χ4v) is 8.08. The predicted molar refractivity (Wildman–Crippen MR) is 176 cm³/mol. The van der Waals surface area contributed by atoms with E-state index in [0.29, 0.717) is 22.4 Å². The Balaban J connectivity index is 1.60. The first-order valence-electron chi connectivity index (χ1n) is 16.2. The van der Waals surface area contributed by atoms with Gasteiger partial charge in [0.1, 0.15) is 11.9 Å². The predicted octanol–water partition coefficient (Wildman–Crippen LogP) is 3.31. The first-order valence-corrected chi connectivity index (χ1v) is 17.6. The fourth-order valence-electron chi connectivity index (χ4n) is 7.54. The van der Waals surface area contributed by atoms with Gasteiger partial charge in [0.2, 0.25) is 0 Å². The first kappa shape index (κ1) is 33.4. The molecule has 2 aromatic carbocycles. The number of aromatic nitrogens is 1. The van der Waals surface area contributed by atoms with Crippen LogP contribution < -0.4 is 9.46 Å². The van der Waals surface area contributed by atoms with Crippen molar-refractivity contribution in [3.8, 4) is 17.0 Å². The molecule has 6 rings (SSSR count). The van der Waals surface area contributed by atoms with Crippen LogP contribution in [0.1, 0.15) is 79.5 Å². The normalized spacial score (nSPS) is 25.3. The maximum absolute atomic E-state index is 14.4. The molecule has 254 valence electrons. The van der Waals surface area contributed by atoms with Gasteiger partial charge in [-0.15, -0.1) is 0 Å². The second-order valence-electron chi connectivity index (χ2n) is 13.4. The number of hydrogen-bond donors (Lipinski definition) is 3. The Hall–Kier alpha value is -3.49. The molecular formula is C34H44N4O8S. The van der Waals surface area contributed by atoms with E-state index < -0.39 is 33.7 Å². The molecule has 2 aliphatic heterocycles. The minimum Gasteiger partial charge on any atom is -0.497 e. The molecular weight excluding hydrogens is 624 g/mol. The average molecular weight is 669 g/mol. The summed E-state index contributed by atoms with van der Waals surface area (Å²) in [4.78, 5) is 29.2. The zero-order valence-electron chi connectivity index (χ0n) is 27.5. The highest BCUT2D eigenvalue weighted by Crippen LogP contribution is 2.50. The molecule has 1 aliphatic carbocycles. The van der Waals surface area contributed by atoms with Crippen LogP contribution in [0.3, 0.4) is 0 Å². The third-order valence-corrected chi connectivity index (χ3v) is 11.2. The largest absolute Gasteiger partial charge is 0.497 e. The molecule has 1 saturated heterocycles. The zero-order valence-corrected chi connectivity index (χ0v) is 28.3. The van der Waals surface area contributed by atoms with Gasteiger partial charge in [0.25, 0.3) is 11.8 Å². The molecule has 12 nitrogen and oxygen atoms in total. The summed E-state index contributed by atoms with van der Waals surface area (Å²) in [6.45, 7) is 3.92. The number of aliphatic hydroxyl groups excluding tert-OH is 1. The highest BCUT2D eigenvalue weighted by Gasteiger charge is 2.51. The Morgan fingerprint density at radius 1 is 1.04 bits per heavy atom. The molecule has 0 bridgehead atoms. The smallest absolute Gasteiger partial charge is 0.303 e. The summed E-state index contributed by atoms with van der Waals surface area (Å²) in [5, 5.41) is 25.4. The third-order valence-electron chi connectivity index (χ3n) is 9.82. The van der Waals surface area contributed by atoms with Gasteiger partial charge in [-0.2, -0.15) is 12.7 Å². The molecule has 1 aromatic heterocycles. The van der Waals surface area contributed by atoms with Gasteiger partial charge in [0.05, 0.1) is 31.6 Å². The second kappa shape index (κ2) is 12.5. The number of carbonyl (C=O) groups is 2. The molecule has 3 aliphatic rings. The van der Waals surface area contributed by atoms with Gasteiger partial charge < -0.3 is 29.2 Å². The van der Waals surface area contributed by atoms with Crippen molar-refractivity contribution < 1.29 is 37.7 Å². The van der Waals surface area contributed by atoms with Crippen molar-refractivity contribution in [2.45, 2.75) is 82.3 Å². The molecule has 1 saturated carbocycles. The number of amides is 2. The molecule has 0 unspecified atom stereocenters. The number of benzene rings is 2. The van der Waals surface area contributed by atoms with Crippen molar-refractivity contribution in [3.63, 3.8) is 0 Å². The number of ether oxygens (including phenoxy) is 2. The molecule has 0 spiro atoms. The van der Waals surface area contributed by atoms with Crippen LogP contribution in [0.2, 0.25) is 0 Å². The molecule has 3 N–H and O–H groups in total. The second-order valence-corrected chi connectivity index (χ2v) is 15.3. The summed E-state index contributed by atoms with van der Waals surface area (Å²) >= 11 is 0. The van der Waals surface area contributed by atoms with Crippen molar-refractivity contribution >= 4 is 32.9 Å². The number of methoxy groups -OCH3 is 1. The van der Waals surface area contributed by atoms with Crippen LogP contribution in [-0.4, -0.2) is 96.3 Å². The highest BCUT2D eigenvalue weighted by molar-refractivity contribution is 7.87. The lowest BCUT2D eigenvalue weighted by atomic mass is 9.80. The maximum atomic E-state index is 14.4. The lowest BCUT2D eigenvalue weighted by Crippen LogP contribution is -2.59. The van der Waals surface area contributed by atoms with Gasteiger partial charge in [-0.3, -0.25) is 9.59 Å². The van der Waals surface area contributed by atoms with E-state index in [-0.39, 0.29) is 43.3 Å². The van der Waals surface area contributed by atoms with Crippen molar-refractivity contribution in [3.05, 3.63) is 53.1 Å². The standard InChI is InChI=1S/C34H44N4O8S/c1-20-17-37(18-21(2)46-20)33(41)34(42)19-38-28-15-23(32(40)35-47(43,44)36(3)4)11-13-26(28)29(22-9-7-6-8-10-22)30(38)25-14-12-24(45-5)16-27(25)31(34)39/h11-16,20-22,31,39,42H,6-10,17-19H2,1-5H3,(H,35,40)/t20-,21+,31-,34+/m0/s1. The van der Waals surface area contributed by atoms with E-state index in [1.54, 1.807) is 29.2 Å². The topological polar surface area (TPSA) is 151 Å². The average Bonchev–Trinajstić information content (AvgIpc) is 3.31. The minimum absolute atomic E-state index is 0.101. The number of nitrogens with one attached hydrogen (secondary N) is 1. The van der Waals surface area contributed by atoms with Crippen LogP contribution in [0.5, 0.6) is 5.75 Å². The summed E-state index contributed by atoms with van der Waals surface area (Å²) in [5.41, 5.74) is 1.16. The number of hydrogen-bond acceptors (Lipinski definition) is 8. The summed E-state index contributed by atoms with van der Waals surface area (Å²) in [7, 11) is 0.117. The van der Waals surface area contributed by atoms with E-state index >= 15 is 0 Å². The maximum Gasteiger partial charge on any atom is 0.303 e. The fraction of sp³-hybridized carbons (Fsp3) is 0.529. The summed E-state index contributed by atoms with van der Waals surface area (Å²) in [5.74, 6) is -0.806. The zero-order chi connectivity index (χ0) is 33.8. The molecule has 4 atom stereocenters. The van der Waals surface area contributed by atoms with E-state index in [9.17, 15) is 28.2 Å². The molecule has 0 radical (unpaired) electrons. The molecule has 3 heterocycles. The van der Waals surface area contributed by atoms with Crippen LogP contribution in [0.25, 0.3) is 22.2 Å². The van der Waals surface area contributed by atoms with Crippen LogP contribution in [0, 0.1) is 0 Å². The number of fused-ring (bicyclic) bond motifs is 5. The Morgan fingerprint density at radius 3 is 2.36 bits per heavy atom. The van der Waals surface area contributed by atoms with Crippen molar-refractivity contribution in [1.29, 1.82) is 0 Å². The first-order chi connectivity index (χ1) is 22.2. The third kappa shape index (κ3) is 5.92. The highest BCUT2D eigenvalue weighted by atomic mass is 32.2. The number of rotatable bonds is 6. The number of nitrogens with zero attached hydrogens (tertiary/aromatic N) is 3. The lowest BCUT2D eigenvalue weighted by molar-refractivity contribution is -0.177. The van der Waals surface area contributed by atoms with E-state index in [2.05, 4.69) is 4.72 Å².